The van der Waals surface area contributed by atoms with Gasteiger partial charge < -0.3 is 0 Å². The number of hydrogen-bond acceptors (Lipinski definition) is 4. The maximum Gasteiger partial charge on any atom is 0.242 e. The molecule has 0 amide bonds. The Bertz CT molecular complexity index is 599. The Labute approximate surface area is 126 Å². The topological polar surface area (TPSA) is 82.9 Å². The number of nitrogens with zero attached hydrogens (tertiary/aromatic N) is 2. The van der Waals surface area contributed by atoms with Crippen molar-refractivity contribution in [2.24, 2.45) is 5.92 Å². The molecule has 1 saturated carbocycles. The first-order valence-corrected chi connectivity index (χ1v) is 8.93. The Hall–Kier alpha value is -1.45. The van der Waals surface area contributed by atoms with Crippen LogP contribution in [-0.4, -0.2) is 19.4 Å². The predicted molar refractivity (Wildman–Crippen MR) is 79.9 cm³/mol. The quantitative estimate of drug-likeness (QED) is 0.906. The number of nitriles is 1. The van der Waals surface area contributed by atoms with Crippen LogP contribution in [-0.2, 0) is 10.0 Å². The van der Waals surface area contributed by atoms with Crippen LogP contribution in [0, 0.1) is 17.2 Å². The Kier molecular flexibility index (Phi) is 5.32. The van der Waals surface area contributed by atoms with Crippen molar-refractivity contribution < 1.29 is 8.42 Å². The zero-order chi connectivity index (χ0) is 15.3. The second-order valence-corrected chi connectivity index (χ2v) is 7.24. The van der Waals surface area contributed by atoms with Gasteiger partial charge in [-0.2, -0.15) is 5.26 Å². The van der Waals surface area contributed by atoms with Gasteiger partial charge >= 0.3 is 0 Å². The average molecular weight is 307 g/mol. The molecule has 0 saturated heterocycles. The summed E-state index contributed by atoms with van der Waals surface area (Å²) in [6.07, 6.45) is 7.82. The summed E-state index contributed by atoms with van der Waals surface area (Å²) in [5, 5.41) is 8.71. The highest BCUT2D eigenvalue weighted by molar-refractivity contribution is 7.89. The van der Waals surface area contributed by atoms with Crippen molar-refractivity contribution >= 4 is 10.0 Å². The Morgan fingerprint density at radius 3 is 2.62 bits per heavy atom. The molecule has 1 aromatic rings. The molecule has 5 nitrogen and oxygen atoms in total. The summed E-state index contributed by atoms with van der Waals surface area (Å²) in [5.74, 6) is 0.421. The highest BCUT2D eigenvalue weighted by atomic mass is 32.2. The minimum absolute atomic E-state index is 0.0223. The number of sulfonamides is 1. The van der Waals surface area contributed by atoms with Crippen LogP contribution in [0.2, 0.25) is 0 Å². The molecule has 1 aromatic heterocycles. The van der Waals surface area contributed by atoms with E-state index >= 15 is 0 Å². The van der Waals surface area contributed by atoms with E-state index in [0.29, 0.717) is 5.92 Å². The monoisotopic (exact) mass is 307 g/mol. The van der Waals surface area contributed by atoms with Gasteiger partial charge in [-0.05, 0) is 37.3 Å². The largest absolute Gasteiger partial charge is 0.244 e. The fourth-order valence-corrected chi connectivity index (χ4v) is 4.25. The maximum atomic E-state index is 12.4. The molecule has 2 rings (SSSR count). The van der Waals surface area contributed by atoms with Crippen LogP contribution in [0.3, 0.4) is 0 Å². The van der Waals surface area contributed by atoms with Gasteiger partial charge in [-0.3, -0.25) is 0 Å². The van der Waals surface area contributed by atoms with E-state index in [0.717, 1.165) is 19.3 Å². The van der Waals surface area contributed by atoms with E-state index in [-0.39, 0.29) is 16.6 Å². The molecule has 0 aliphatic heterocycles. The van der Waals surface area contributed by atoms with Gasteiger partial charge in [0.1, 0.15) is 16.7 Å². The molecule has 1 heterocycles. The summed E-state index contributed by atoms with van der Waals surface area (Å²) >= 11 is 0. The molecule has 0 bridgehead atoms. The summed E-state index contributed by atoms with van der Waals surface area (Å²) in [6, 6.07) is 4.72. The molecule has 0 aromatic carbocycles. The summed E-state index contributed by atoms with van der Waals surface area (Å²) in [5.41, 5.74) is 0.216. The summed E-state index contributed by atoms with van der Waals surface area (Å²) < 4.78 is 27.6. The molecule has 0 spiro atoms. The van der Waals surface area contributed by atoms with Gasteiger partial charge in [-0.15, -0.1) is 0 Å². The van der Waals surface area contributed by atoms with Gasteiger partial charge in [0, 0.05) is 12.2 Å². The number of rotatable bonds is 5. The minimum atomic E-state index is -3.57. The average Bonchev–Trinajstić information content (AvgIpc) is 2.53. The summed E-state index contributed by atoms with van der Waals surface area (Å²) in [7, 11) is -3.57. The molecule has 1 aliphatic rings. The lowest BCUT2D eigenvalue weighted by atomic mass is 9.83. The van der Waals surface area contributed by atoms with Crippen LogP contribution in [0.1, 0.15) is 51.1 Å². The van der Waals surface area contributed by atoms with Gasteiger partial charge in [0.25, 0.3) is 0 Å². The van der Waals surface area contributed by atoms with Crippen LogP contribution in [0.15, 0.2) is 23.2 Å². The van der Waals surface area contributed by atoms with Crippen molar-refractivity contribution in [2.75, 3.05) is 0 Å². The van der Waals surface area contributed by atoms with Crippen LogP contribution in [0.5, 0.6) is 0 Å². The van der Waals surface area contributed by atoms with Crippen LogP contribution >= 0.6 is 0 Å². The van der Waals surface area contributed by atoms with E-state index in [1.165, 1.54) is 37.6 Å². The minimum Gasteiger partial charge on any atom is -0.244 e. The summed E-state index contributed by atoms with van der Waals surface area (Å²) in [4.78, 5) is 3.95. The van der Waals surface area contributed by atoms with E-state index in [2.05, 4.69) is 9.71 Å². The van der Waals surface area contributed by atoms with Gasteiger partial charge in [-0.25, -0.2) is 18.1 Å². The van der Waals surface area contributed by atoms with Crippen LogP contribution in [0.4, 0.5) is 0 Å². The third-order valence-electron chi connectivity index (χ3n) is 4.13. The molecule has 0 radical (unpaired) electrons. The number of hydrogen-bond donors (Lipinski definition) is 1. The third-order valence-corrected chi connectivity index (χ3v) is 5.60. The predicted octanol–water partition coefficient (Wildman–Crippen LogP) is 2.59. The number of nitrogens with one attached hydrogen (secondary N) is 1. The van der Waals surface area contributed by atoms with Gasteiger partial charge in [-0.1, -0.05) is 26.2 Å². The second-order valence-electron chi connectivity index (χ2n) is 5.53. The molecule has 1 unspecified atom stereocenters. The van der Waals surface area contributed by atoms with Crippen molar-refractivity contribution in [3.8, 4) is 6.07 Å². The second kappa shape index (κ2) is 7.01. The lowest BCUT2D eigenvalue weighted by Crippen LogP contribution is -2.40. The zero-order valence-electron chi connectivity index (χ0n) is 12.2. The Morgan fingerprint density at radius 1 is 1.38 bits per heavy atom. The Morgan fingerprint density at radius 2 is 2.10 bits per heavy atom. The standard InChI is InChI=1S/C15H21N3O2S/c1-2-15(12-6-4-3-5-7-12)18-21(19,20)14-9-8-13(10-16)17-11-14/h8-9,11-12,15,18H,2-7H2,1H3. The highest BCUT2D eigenvalue weighted by Crippen LogP contribution is 2.28. The van der Waals surface area contributed by atoms with Crippen molar-refractivity contribution in [1.29, 1.82) is 5.26 Å². The van der Waals surface area contributed by atoms with Gasteiger partial charge in [0.2, 0.25) is 10.0 Å². The number of aromatic nitrogens is 1. The van der Waals surface area contributed by atoms with E-state index in [1.807, 2.05) is 13.0 Å². The normalized spacial score (nSPS) is 18.1. The van der Waals surface area contributed by atoms with Gasteiger partial charge in [0.15, 0.2) is 0 Å². The lowest BCUT2D eigenvalue weighted by molar-refractivity contribution is 0.285. The molecule has 1 atom stereocenters. The van der Waals surface area contributed by atoms with E-state index in [9.17, 15) is 8.42 Å². The maximum absolute atomic E-state index is 12.4. The van der Waals surface area contributed by atoms with Gasteiger partial charge in [0.05, 0.1) is 0 Å². The Balaban J connectivity index is 2.12. The van der Waals surface area contributed by atoms with E-state index in [1.54, 1.807) is 0 Å². The molecule has 1 fully saturated rings. The van der Waals surface area contributed by atoms with Crippen molar-refractivity contribution in [1.82, 2.24) is 9.71 Å². The zero-order valence-corrected chi connectivity index (χ0v) is 13.1. The van der Waals surface area contributed by atoms with E-state index < -0.39 is 10.0 Å². The molecular weight excluding hydrogens is 286 g/mol. The van der Waals surface area contributed by atoms with E-state index in [4.69, 9.17) is 5.26 Å². The van der Waals surface area contributed by atoms with Crippen LogP contribution in [0.25, 0.3) is 0 Å². The molecule has 21 heavy (non-hydrogen) atoms. The summed E-state index contributed by atoms with van der Waals surface area (Å²) in [6.45, 7) is 2.01. The molecular formula is C15H21N3O2S. The van der Waals surface area contributed by atoms with Crippen molar-refractivity contribution in [3.05, 3.63) is 24.0 Å². The molecule has 1 aliphatic carbocycles. The highest BCUT2D eigenvalue weighted by Gasteiger charge is 2.27. The SMILES string of the molecule is CCC(NS(=O)(=O)c1ccc(C#N)nc1)C1CCCCC1. The fraction of sp³-hybridized carbons (Fsp3) is 0.600. The molecule has 6 heteroatoms. The number of pyridine rings is 1. The first kappa shape index (κ1) is 15.9. The van der Waals surface area contributed by atoms with Crippen molar-refractivity contribution in [3.63, 3.8) is 0 Å². The fourth-order valence-electron chi connectivity index (χ4n) is 2.92. The van der Waals surface area contributed by atoms with Crippen molar-refractivity contribution in [2.45, 2.75) is 56.4 Å². The molecule has 1 N–H and O–H groups in total. The molecule has 114 valence electrons. The first-order valence-electron chi connectivity index (χ1n) is 7.45. The third kappa shape index (κ3) is 4.02. The smallest absolute Gasteiger partial charge is 0.242 e. The lowest BCUT2D eigenvalue weighted by Gasteiger charge is -2.30. The van der Waals surface area contributed by atoms with Crippen LogP contribution < -0.4 is 4.72 Å². The first-order chi connectivity index (χ1) is 10.1.